The molecule has 2 heterocycles. The molecule has 2 N–H and O–H groups in total. The fraction of sp³-hybridized carbons (Fsp3) is 0.786. The van der Waals surface area contributed by atoms with Crippen LogP contribution in [0, 0.1) is 5.41 Å². The minimum atomic E-state index is 0.152. The second kappa shape index (κ2) is 17.1. The summed E-state index contributed by atoms with van der Waals surface area (Å²) in [5, 5.41) is 12.9. The fourth-order valence-corrected chi connectivity index (χ4v) is 3.00. The van der Waals surface area contributed by atoms with Crippen molar-refractivity contribution in [3.05, 3.63) is 23.0 Å². The normalized spacial score (nSPS) is 23.2. The molecule has 3 rings (SSSR count). The molecule has 4 heteroatoms. The van der Waals surface area contributed by atoms with Gasteiger partial charge in [0.25, 0.3) is 0 Å². The maximum absolute atomic E-state index is 9.45. The number of nitrogens with one attached hydrogen (secondary N) is 1. The van der Waals surface area contributed by atoms with Gasteiger partial charge in [-0.1, -0.05) is 92.6 Å². The number of allylic oxidation sites excluding steroid dienone is 3. The highest BCUT2D eigenvalue weighted by Crippen LogP contribution is 2.25. The first-order valence-electron chi connectivity index (χ1n) is 13.1. The van der Waals surface area contributed by atoms with Crippen LogP contribution in [-0.4, -0.2) is 35.7 Å². The molecule has 0 aromatic heterocycles. The minimum absolute atomic E-state index is 0.152. The lowest BCUT2D eigenvalue weighted by Crippen LogP contribution is -2.31. The Kier molecular flexibility index (Phi) is 16.3. The molecule has 3 aliphatic rings. The highest BCUT2D eigenvalue weighted by atomic mass is 16.3. The number of hydrogen-bond donors (Lipinski definition) is 2. The third-order valence-corrected chi connectivity index (χ3v) is 5.79. The number of aliphatic imine (C=N–C) groups is 2. The first-order chi connectivity index (χ1) is 15.2. The molecular formula is C28H53N3O. The van der Waals surface area contributed by atoms with Crippen molar-refractivity contribution in [3.8, 4) is 0 Å². The van der Waals surface area contributed by atoms with E-state index in [-0.39, 0.29) is 18.1 Å². The van der Waals surface area contributed by atoms with E-state index in [4.69, 9.17) is 9.98 Å². The third kappa shape index (κ3) is 12.0. The van der Waals surface area contributed by atoms with Crippen molar-refractivity contribution in [2.45, 2.75) is 126 Å². The average Bonchev–Trinajstić information content (AvgIpc) is 2.95. The van der Waals surface area contributed by atoms with Crippen LogP contribution >= 0.6 is 0 Å². The largest absolute Gasteiger partial charge is 0.394 e. The van der Waals surface area contributed by atoms with Crippen LogP contribution in [0.5, 0.6) is 0 Å². The van der Waals surface area contributed by atoms with E-state index in [1.807, 2.05) is 20.8 Å². The standard InChI is InChI=1S/C19H31N3O.C4H8.C3H8.C2H6/c1-13(19(3,4)5)10-17-14(2)21-18(11-20-17)16-9-7-6-8-15(12-23)22-16;1-2-4-3-1;1-3-2;1-2/h10,15,22-23H,6-9,11-12H2,1-5H3;1-4H2;3H2,1-2H3;1-2H3/b13-10+,18-16+;;;. The van der Waals surface area contributed by atoms with E-state index in [2.05, 4.69) is 52.9 Å². The van der Waals surface area contributed by atoms with E-state index in [1.54, 1.807) is 0 Å². The van der Waals surface area contributed by atoms with Crippen molar-refractivity contribution >= 4 is 11.4 Å². The summed E-state index contributed by atoms with van der Waals surface area (Å²) < 4.78 is 0. The molecule has 0 amide bonds. The van der Waals surface area contributed by atoms with E-state index in [0.29, 0.717) is 6.54 Å². The molecule has 4 nitrogen and oxygen atoms in total. The van der Waals surface area contributed by atoms with Crippen molar-refractivity contribution in [2.24, 2.45) is 15.4 Å². The third-order valence-electron chi connectivity index (χ3n) is 5.79. The Labute approximate surface area is 199 Å². The van der Waals surface area contributed by atoms with E-state index in [9.17, 15) is 5.11 Å². The molecule has 0 aromatic rings. The van der Waals surface area contributed by atoms with Crippen LogP contribution in [0.2, 0.25) is 0 Å². The SMILES string of the molecule is C1CCC1.CC.CC1=N/C(=C2\CCCCC(CO)N2)CN=C1/C=C(\C)C(C)(C)C.CCC. The molecule has 1 unspecified atom stereocenters. The average molecular weight is 448 g/mol. The summed E-state index contributed by atoms with van der Waals surface area (Å²) >= 11 is 0. The Morgan fingerprint density at radius 3 is 2.06 bits per heavy atom. The van der Waals surface area contributed by atoms with E-state index in [0.717, 1.165) is 42.8 Å². The van der Waals surface area contributed by atoms with Crippen LogP contribution < -0.4 is 5.32 Å². The Morgan fingerprint density at radius 1 is 1.06 bits per heavy atom. The van der Waals surface area contributed by atoms with Crippen molar-refractivity contribution in [3.63, 3.8) is 0 Å². The molecule has 2 aliphatic heterocycles. The lowest BCUT2D eigenvalue weighted by molar-refractivity contribution is 0.244. The molecule has 1 saturated heterocycles. The van der Waals surface area contributed by atoms with Gasteiger partial charge in [-0.3, -0.25) is 9.98 Å². The first-order valence-corrected chi connectivity index (χ1v) is 13.1. The number of rotatable bonds is 2. The Bertz CT molecular complexity index is 628. The lowest BCUT2D eigenvalue weighted by Gasteiger charge is -2.22. The predicted octanol–water partition coefficient (Wildman–Crippen LogP) is 7.63. The number of nitrogens with zero attached hydrogens (tertiary/aromatic N) is 2. The maximum Gasteiger partial charge on any atom is 0.0837 e. The number of aliphatic hydroxyl groups is 1. The second-order valence-electron chi connectivity index (χ2n) is 9.79. The molecule has 0 aromatic carbocycles. The highest BCUT2D eigenvalue weighted by Gasteiger charge is 2.20. The zero-order valence-electron chi connectivity index (χ0n) is 22.8. The van der Waals surface area contributed by atoms with Gasteiger partial charge in [0, 0.05) is 11.7 Å². The lowest BCUT2D eigenvalue weighted by atomic mass is 9.86. The highest BCUT2D eigenvalue weighted by molar-refractivity contribution is 6.46. The van der Waals surface area contributed by atoms with Crippen LogP contribution in [0.3, 0.4) is 0 Å². The Hall–Kier alpha value is -1.42. The quantitative estimate of drug-likeness (QED) is 0.457. The van der Waals surface area contributed by atoms with Gasteiger partial charge in [0.2, 0.25) is 0 Å². The topological polar surface area (TPSA) is 57.0 Å². The molecule has 186 valence electrons. The Morgan fingerprint density at radius 2 is 1.62 bits per heavy atom. The molecule has 0 spiro atoms. The van der Waals surface area contributed by atoms with Gasteiger partial charge in [-0.05, 0) is 44.6 Å². The van der Waals surface area contributed by atoms with Gasteiger partial charge in [-0.25, -0.2) is 0 Å². The molecule has 2 fully saturated rings. The van der Waals surface area contributed by atoms with Crippen molar-refractivity contribution in [1.29, 1.82) is 0 Å². The van der Waals surface area contributed by atoms with Gasteiger partial charge < -0.3 is 10.4 Å². The molecule has 1 saturated carbocycles. The summed E-state index contributed by atoms with van der Waals surface area (Å²) in [5.74, 6) is 0. The van der Waals surface area contributed by atoms with Gasteiger partial charge in [-0.15, -0.1) is 0 Å². The summed E-state index contributed by atoms with van der Waals surface area (Å²) in [6, 6.07) is 0.156. The maximum atomic E-state index is 9.45. The van der Waals surface area contributed by atoms with Crippen LogP contribution in [0.15, 0.2) is 33.0 Å². The van der Waals surface area contributed by atoms with Crippen molar-refractivity contribution < 1.29 is 5.11 Å². The van der Waals surface area contributed by atoms with Crippen molar-refractivity contribution in [1.82, 2.24) is 5.32 Å². The van der Waals surface area contributed by atoms with E-state index >= 15 is 0 Å². The monoisotopic (exact) mass is 447 g/mol. The predicted molar refractivity (Wildman–Crippen MR) is 144 cm³/mol. The zero-order chi connectivity index (χ0) is 24.6. The van der Waals surface area contributed by atoms with E-state index in [1.165, 1.54) is 43.4 Å². The summed E-state index contributed by atoms with van der Waals surface area (Å²) in [5.41, 5.74) is 5.64. The first kappa shape index (κ1) is 30.6. The van der Waals surface area contributed by atoms with Crippen LogP contribution in [0.4, 0.5) is 0 Å². The molecular weight excluding hydrogens is 394 g/mol. The van der Waals surface area contributed by atoms with Crippen LogP contribution in [-0.2, 0) is 0 Å². The van der Waals surface area contributed by atoms with Gasteiger partial charge in [0.15, 0.2) is 0 Å². The molecule has 1 atom stereocenters. The number of hydrogen-bond acceptors (Lipinski definition) is 4. The van der Waals surface area contributed by atoms with Gasteiger partial charge in [0.05, 0.1) is 30.3 Å². The van der Waals surface area contributed by atoms with Gasteiger partial charge in [0.1, 0.15) is 0 Å². The van der Waals surface area contributed by atoms with Crippen LogP contribution in [0.25, 0.3) is 0 Å². The van der Waals surface area contributed by atoms with Gasteiger partial charge >= 0.3 is 0 Å². The van der Waals surface area contributed by atoms with Gasteiger partial charge in [-0.2, -0.15) is 0 Å². The molecule has 0 radical (unpaired) electrons. The smallest absolute Gasteiger partial charge is 0.0837 e. The summed E-state index contributed by atoms with van der Waals surface area (Å²) in [6.07, 6.45) is 13.7. The van der Waals surface area contributed by atoms with Crippen LogP contribution in [0.1, 0.15) is 120 Å². The fourth-order valence-electron chi connectivity index (χ4n) is 3.00. The number of aliphatic hydroxyl groups excluding tert-OH is 1. The van der Waals surface area contributed by atoms with E-state index < -0.39 is 0 Å². The summed E-state index contributed by atoms with van der Waals surface area (Å²) in [4.78, 5) is 9.56. The minimum Gasteiger partial charge on any atom is -0.394 e. The molecule has 0 bridgehead atoms. The molecule has 32 heavy (non-hydrogen) atoms. The zero-order valence-corrected chi connectivity index (χ0v) is 22.8. The Balaban J connectivity index is 0.000000903. The second-order valence-corrected chi connectivity index (χ2v) is 9.79. The summed E-state index contributed by atoms with van der Waals surface area (Å²) in [7, 11) is 0. The van der Waals surface area contributed by atoms with Crippen molar-refractivity contribution in [2.75, 3.05) is 13.2 Å². The summed E-state index contributed by atoms with van der Waals surface area (Å²) in [6.45, 7) is 19.9. The molecule has 1 aliphatic carbocycles.